The molecule has 0 unspecified atom stereocenters. The van der Waals surface area contributed by atoms with Crippen molar-refractivity contribution in [2.45, 2.75) is 5.41 Å². The molecule has 4 nitrogen and oxygen atoms in total. The van der Waals surface area contributed by atoms with Crippen LogP contribution in [-0.4, -0.2) is 29.3 Å². The van der Waals surface area contributed by atoms with Crippen molar-refractivity contribution in [2.24, 2.45) is 0 Å². The van der Waals surface area contributed by atoms with Crippen molar-refractivity contribution in [2.75, 3.05) is 13.2 Å². The molecule has 2 aromatic rings. The zero-order valence-electron chi connectivity index (χ0n) is 10.2. The Hall–Kier alpha value is -2.20. The minimum absolute atomic E-state index is 0.189. The van der Waals surface area contributed by atoms with Gasteiger partial charge < -0.3 is 9.84 Å². The molecule has 4 heteroatoms. The summed E-state index contributed by atoms with van der Waals surface area (Å²) >= 11 is 0. The second-order valence-corrected chi connectivity index (χ2v) is 4.70. The van der Waals surface area contributed by atoms with E-state index in [1.165, 1.54) is 0 Å². The van der Waals surface area contributed by atoms with E-state index in [4.69, 9.17) is 9.84 Å². The van der Waals surface area contributed by atoms with E-state index in [0.717, 1.165) is 11.1 Å². The second kappa shape index (κ2) is 4.48. The van der Waals surface area contributed by atoms with Gasteiger partial charge in [-0.2, -0.15) is 0 Å². The minimum atomic E-state index is -0.910. The van der Waals surface area contributed by atoms with Gasteiger partial charge in [0.2, 0.25) is 0 Å². The molecule has 1 fully saturated rings. The highest BCUT2D eigenvalue weighted by Crippen LogP contribution is 2.38. The Morgan fingerprint density at radius 2 is 1.89 bits per heavy atom. The Morgan fingerprint density at radius 1 is 1.16 bits per heavy atom. The number of aromatic nitrogens is 1. The molecular formula is C15H13NO3. The lowest BCUT2D eigenvalue weighted by molar-refractivity contribution is -0.0381. The molecule has 1 N–H and O–H groups in total. The summed E-state index contributed by atoms with van der Waals surface area (Å²) < 4.78 is 5.38. The minimum Gasteiger partial charge on any atom is -0.478 e. The first kappa shape index (κ1) is 11.9. The van der Waals surface area contributed by atoms with Crippen LogP contribution in [0, 0.1) is 0 Å². The highest BCUT2D eigenvalue weighted by atomic mass is 16.5. The molecule has 1 aromatic carbocycles. The summed E-state index contributed by atoms with van der Waals surface area (Å²) in [5.74, 6) is -0.910. The molecule has 19 heavy (non-hydrogen) atoms. The van der Waals surface area contributed by atoms with Crippen molar-refractivity contribution in [3.05, 3.63) is 65.5 Å². The fraction of sp³-hybridized carbons (Fsp3) is 0.200. The van der Waals surface area contributed by atoms with Gasteiger partial charge in [-0.25, -0.2) is 4.79 Å². The standard InChI is InChI=1S/C15H13NO3/c17-14(18)11-3-5-12(6-4-11)15(9-19-10-15)13-2-1-7-16-8-13/h1-8H,9-10H2,(H,17,18). The third-order valence-corrected chi connectivity index (χ3v) is 3.60. The van der Waals surface area contributed by atoms with Crippen molar-refractivity contribution in [3.8, 4) is 0 Å². The molecular weight excluding hydrogens is 242 g/mol. The van der Waals surface area contributed by atoms with Crippen molar-refractivity contribution < 1.29 is 14.6 Å². The number of hydrogen-bond donors (Lipinski definition) is 1. The maximum atomic E-state index is 10.9. The second-order valence-electron chi connectivity index (χ2n) is 4.70. The molecule has 1 aromatic heterocycles. The third kappa shape index (κ3) is 1.90. The SMILES string of the molecule is O=C(O)c1ccc(C2(c3cccnc3)COC2)cc1. The van der Waals surface area contributed by atoms with Crippen LogP contribution in [-0.2, 0) is 10.2 Å². The largest absolute Gasteiger partial charge is 0.478 e. The molecule has 0 aliphatic carbocycles. The van der Waals surface area contributed by atoms with Crippen LogP contribution in [0.4, 0.5) is 0 Å². The van der Waals surface area contributed by atoms with Gasteiger partial charge in [-0.1, -0.05) is 18.2 Å². The number of hydrogen-bond acceptors (Lipinski definition) is 3. The van der Waals surface area contributed by atoms with Gasteiger partial charge in [0.15, 0.2) is 0 Å². The third-order valence-electron chi connectivity index (χ3n) is 3.60. The summed E-state index contributed by atoms with van der Waals surface area (Å²) in [6.07, 6.45) is 3.58. The molecule has 0 saturated carbocycles. The van der Waals surface area contributed by atoms with Crippen LogP contribution in [0.2, 0.25) is 0 Å². The maximum Gasteiger partial charge on any atom is 0.335 e. The Kier molecular flexibility index (Phi) is 2.80. The average Bonchev–Trinajstić information content (AvgIpc) is 2.39. The van der Waals surface area contributed by atoms with Gasteiger partial charge in [-0.05, 0) is 29.3 Å². The zero-order valence-corrected chi connectivity index (χ0v) is 10.2. The normalized spacial score (nSPS) is 16.6. The number of carboxylic acids is 1. The smallest absolute Gasteiger partial charge is 0.335 e. The first-order valence-corrected chi connectivity index (χ1v) is 6.04. The lowest BCUT2D eigenvalue weighted by atomic mass is 9.73. The maximum absolute atomic E-state index is 10.9. The summed E-state index contributed by atoms with van der Waals surface area (Å²) in [5, 5.41) is 8.93. The molecule has 3 rings (SSSR count). The number of carbonyl (C=O) groups is 1. The lowest BCUT2D eigenvalue weighted by Crippen LogP contribution is -2.47. The Bertz CT molecular complexity index is 589. The van der Waals surface area contributed by atoms with E-state index in [1.54, 1.807) is 18.3 Å². The topological polar surface area (TPSA) is 59.4 Å². The van der Waals surface area contributed by atoms with Gasteiger partial charge in [0.05, 0.1) is 24.2 Å². The molecule has 0 spiro atoms. The highest BCUT2D eigenvalue weighted by molar-refractivity contribution is 5.87. The molecule has 96 valence electrons. The van der Waals surface area contributed by atoms with Gasteiger partial charge in [-0.3, -0.25) is 4.98 Å². The summed E-state index contributed by atoms with van der Waals surface area (Å²) in [4.78, 5) is 15.0. The van der Waals surface area contributed by atoms with Gasteiger partial charge in [0, 0.05) is 12.4 Å². The Labute approximate surface area is 110 Å². The fourth-order valence-corrected chi connectivity index (χ4v) is 2.38. The molecule has 1 aliphatic rings. The molecule has 0 bridgehead atoms. The highest BCUT2D eigenvalue weighted by Gasteiger charge is 2.42. The summed E-state index contributed by atoms with van der Waals surface area (Å²) in [5.41, 5.74) is 2.28. The first-order chi connectivity index (χ1) is 9.22. The summed E-state index contributed by atoms with van der Waals surface area (Å²) in [7, 11) is 0. The number of pyridine rings is 1. The van der Waals surface area contributed by atoms with Crippen LogP contribution >= 0.6 is 0 Å². The van der Waals surface area contributed by atoms with Crippen LogP contribution < -0.4 is 0 Å². The molecule has 1 saturated heterocycles. The summed E-state index contributed by atoms with van der Waals surface area (Å²) in [6, 6.07) is 10.9. The number of ether oxygens (including phenoxy) is 1. The van der Waals surface area contributed by atoms with Gasteiger partial charge in [0.1, 0.15) is 0 Å². The van der Waals surface area contributed by atoms with E-state index in [9.17, 15) is 4.79 Å². The van der Waals surface area contributed by atoms with Gasteiger partial charge in [-0.15, -0.1) is 0 Å². The lowest BCUT2D eigenvalue weighted by Gasteiger charge is -2.42. The first-order valence-electron chi connectivity index (χ1n) is 6.04. The van der Waals surface area contributed by atoms with E-state index in [0.29, 0.717) is 18.8 Å². The van der Waals surface area contributed by atoms with Crippen LogP contribution in [0.25, 0.3) is 0 Å². The average molecular weight is 255 g/mol. The van der Waals surface area contributed by atoms with E-state index >= 15 is 0 Å². The van der Waals surface area contributed by atoms with Gasteiger partial charge >= 0.3 is 5.97 Å². The van der Waals surface area contributed by atoms with E-state index < -0.39 is 5.97 Å². The van der Waals surface area contributed by atoms with Crippen LogP contribution in [0.1, 0.15) is 21.5 Å². The Morgan fingerprint density at radius 3 is 2.37 bits per heavy atom. The zero-order chi connectivity index (χ0) is 13.3. The number of aromatic carboxylic acids is 1. The van der Waals surface area contributed by atoms with E-state index in [2.05, 4.69) is 4.98 Å². The number of rotatable bonds is 3. The number of benzene rings is 1. The van der Waals surface area contributed by atoms with E-state index in [-0.39, 0.29) is 5.41 Å². The predicted octanol–water partition coefficient (Wildman–Crippen LogP) is 2.10. The Balaban J connectivity index is 2.01. The molecule has 0 atom stereocenters. The van der Waals surface area contributed by atoms with Crippen LogP contribution in [0.3, 0.4) is 0 Å². The van der Waals surface area contributed by atoms with Crippen molar-refractivity contribution in [1.82, 2.24) is 4.98 Å². The molecule has 1 aliphatic heterocycles. The van der Waals surface area contributed by atoms with Crippen LogP contribution in [0.5, 0.6) is 0 Å². The quantitative estimate of drug-likeness (QED) is 0.912. The van der Waals surface area contributed by atoms with Gasteiger partial charge in [0.25, 0.3) is 0 Å². The predicted molar refractivity (Wildman–Crippen MR) is 69.2 cm³/mol. The van der Waals surface area contributed by atoms with Crippen LogP contribution in [0.15, 0.2) is 48.8 Å². The number of carboxylic acid groups (broad SMARTS) is 1. The van der Waals surface area contributed by atoms with Crippen molar-refractivity contribution in [3.63, 3.8) is 0 Å². The monoisotopic (exact) mass is 255 g/mol. The molecule has 0 amide bonds. The van der Waals surface area contributed by atoms with Crippen molar-refractivity contribution in [1.29, 1.82) is 0 Å². The molecule has 0 radical (unpaired) electrons. The number of nitrogens with zero attached hydrogens (tertiary/aromatic N) is 1. The fourth-order valence-electron chi connectivity index (χ4n) is 2.38. The van der Waals surface area contributed by atoms with Crippen molar-refractivity contribution >= 4 is 5.97 Å². The molecule has 2 heterocycles. The summed E-state index contributed by atoms with van der Waals surface area (Å²) in [6.45, 7) is 1.20. The van der Waals surface area contributed by atoms with E-state index in [1.807, 2.05) is 30.5 Å².